The summed E-state index contributed by atoms with van der Waals surface area (Å²) in [5, 5.41) is 7.50. The monoisotopic (exact) mass is 491 g/mol. The topological polar surface area (TPSA) is 113 Å². The van der Waals surface area contributed by atoms with Crippen molar-refractivity contribution in [3.05, 3.63) is 53.3 Å². The molecule has 0 bridgehead atoms. The molecule has 33 heavy (non-hydrogen) atoms. The summed E-state index contributed by atoms with van der Waals surface area (Å²) in [5.41, 5.74) is 0.898. The van der Waals surface area contributed by atoms with E-state index in [0.29, 0.717) is 13.1 Å². The van der Waals surface area contributed by atoms with Gasteiger partial charge in [-0.3, -0.25) is 14.0 Å². The molecule has 2 amide bonds. The van der Waals surface area contributed by atoms with Gasteiger partial charge in [-0.25, -0.2) is 13.4 Å². The molecule has 0 radical (unpaired) electrons. The highest BCUT2D eigenvalue weighted by Gasteiger charge is 2.26. The summed E-state index contributed by atoms with van der Waals surface area (Å²) < 4.78 is 28.8. The van der Waals surface area contributed by atoms with Crippen LogP contribution >= 0.6 is 11.3 Å². The largest absolute Gasteiger partial charge is 0.349 e. The molecule has 178 valence electrons. The molecule has 1 atom stereocenters. The first-order valence-corrected chi connectivity index (χ1v) is 13.1. The van der Waals surface area contributed by atoms with Crippen LogP contribution < -0.4 is 10.6 Å². The Balaban J connectivity index is 1.70. The summed E-state index contributed by atoms with van der Waals surface area (Å²) in [5.74, 6) is -1.02. The van der Waals surface area contributed by atoms with Gasteiger partial charge in [-0.15, -0.1) is 11.3 Å². The van der Waals surface area contributed by atoms with Crippen molar-refractivity contribution in [3.63, 3.8) is 0 Å². The predicted molar refractivity (Wildman–Crippen MR) is 128 cm³/mol. The maximum absolute atomic E-state index is 12.9. The van der Waals surface area contributed by atoms with Crippen molar-refractivity contribution in [1.82, 2.24) is 24.3 Å². The number of sulfonamides is 1. The highest BCUT2D eigenvalue weighted by Crippen LogP contribution is 2.17. The van der Waals surface area contributed by atoms with E-state index in [1.165, 1.54) is 39.9 Å². The summed E-state index contributed by atoms with van der Waals surface area (Å²) >= 11 is 1.50. The third kappa shape index (κ3) is 5.60. The normalized spacial score (nSPS) is 12.9. The molecule has 3 aromatic rings. The molecular weight excluding hydrogens is 462 g/mol. The van der Waals surface area contributed by atoms with Crippen LogP contribution in [0.15, 0.2) is 46.9 Å². The molecule has 0 saturated heterocycles. The van der Waals surface area contributed by atoms with E-state index in [1.54, 1.807) is 13.8 Å². The van der Waals surface area contributed by atoms with Gasteiger partial charge >= 0.3 is 0 Å². The second-order valence-electron chi connectivity index (χ2n) is 7.86. The number of benzene rings is 1. The highest BCUT2D eigenvalue weighted by molar-refractivity contribution is 7.89. The van der Waals surface area contributed by atoms with Crippen molar-refractivity contribution in [2.24, 2.45) is 5.92 Å². The summed E-state index contributed by atoms with van der Waals surface area (Å²) in [6.45, 7) is 8.09. The van der Waals surface area contributed by atoms with E-state index in [9.17, 15) is 18.0 Å². The first-order chi connectivity index (χ1) is 15.7. The molecule has 2 aromatic heterocycles. The Kier molecular flexibility index (Phi) is 7.88. The van der Waals surface area contributed by atoms with Crippen molar-refractivity contribution >= 4 is 38.1 Å². The zero-order valence-corrected chi connectivity index (χ0v) is 20.7. The fraction of sp³-hybridized carbons (Fsp3) is 0.409. The average molecular weight is 492 g/mol. The molecule has 2 heterocycles. The molecule has 0 saturated carbocycles. The molecular formula is C22H29N5O4S2. The fourth-order valence-corrected chi connectivity index (χ4v) is 5.64. The highest BCUT2D eigenvalue weighted by atomic mass is 32.2. The minimum Gasteiger partial charge on any atom is -0.349 e. The number of rotatable bonds is 10. The molecule has 0 fully saturated rings. The number of hydrogen-bond donors (Lipinski definition) is 2. The van der Waals surface area contributed by atoms with E-state index < -0.39 is 22.0 Å². The maximum Gasteiger partial charge on any atom is 0.251 e. The Labute approximate surface area is 197 Å². The van der Waals surface area contributed by atoms with Crippen LogP contribution in [0.25, 0.3) is 4.96 Å². The first kappa shape index (κ1) is 24.9. The van der Waals surface area contributed by atoms with Crippen LogP contribution in [0.1, 0.15) is 43.7 Å². The Morgan fingerprint density at radius 2 is 1.94 bits per heavy atom. The fourth-order valence-electron chi connectivity index (χ4n) is 3.42. The maximum atomic E-state index is 12.9. The van der Waals surface area contributed by atoms with Gasteiger partial charge in [0.2, 0.25) is 15.9 Å². The summed E-state index contributed by atoms with van der Waals surface area (Å²) in [6, 6.07) is 5.08. The molecule has 1 unspecified atom stereocenters. The second-order valence-corrected chi connectivity index (χ2v) is 10.7. The van der Waals surface area contributed by atoms with Crippen LogP contribution in [0.5, 0.6) is 0 Å². The Bertz CT molecular complexity index is 1200. The van der Waals surface area contributed by atoms with Gasteiger partial charge in [0.1, 0.15) is 6.04 Å². The summed E-state index contributed by atoms with van der Waals surface area (Å²) in [4.78, 5) is 31.0. The van der Waals surface area contributed by atoms with Gasteiger partial charge in [0.05, 0.1) is 17.1 Å². The molecule has 0 aliphatic carbocycles. The number of aromatic nitrogens is 2. The van der Waals surface area contributed by atoms with Crippen LogP contribution in [0.2, 0.25) is 0 Å². The van der Waals surface area contributed by atoms with Crippen molar-refractivity contribution in [2.75, 3.05) is 13.1 Å². The van der Waals surface area contributed by atoms with E-state index >= 15 is 0 Å². The van der Waals surface area contributed by atoms with Gasteiger partial charge in [-0.1, -0.05) is 33.8 Å². The number of carbonyl (C=O) groups excluding carboxylic acids is 2. The van der Waals surface area contributed by atoms with Gasteiger partial charge in [0, 0.05) is 36.4 Å². The first-order valence-electron chi connectivity index (χ1n) is 10.8. The van der Waals surface area contributed by atoms with E-state index in [4.69, 9.17) is 0 Å². The molecule has 2 N–H and O–H groups in total. The lowest BCUT2D eigenvalue weighted by molar-refractivity contribution is -0.124. The quantitative estimate of drug-likeness (QED) is 0.452. The second kappa shape index (κ2) is 10.4. The summed E-state index contributed by atoms with van der Waals surface area (Å²) in [6.07, 6.45) is 3.74. The van der Waals surface area contributed by atoms with Crippen LogP contribution in [-0.2, 0) is 21.4 Å². The number of hydrogen-bond acceptors (Lipinski definition) is 6. The number of fused-ring (bicyclic) bond motifs is 1. The van der Waals surface area contributed by atoms with E-state index in [-0.39, 0.29) is 28.8 Å². The molecule has 9 nitrogen and oxygen atoms in total. The van der Waals surface area contributed by atoms with Crippen molar-refractivity contribution in [2.45, 2.75) is 45.2 Å². The lowest BCUT2D eigenvalue weighted by Crippen LogP contribution is -2.49. The van der Waals surface area contributed by atoms with E-state index in [1.807, 2.05) is 36.0 Å². The van der Waals surface area contributed by atoms with E-state index in [2.05, 4.69) is 15.6 Å². The lowest BCUT2D eigenvalue weighted by Gasteiger charge is -2.22. The standard InChI is InChI=1S/C22H29N5O4S2/c1-5-27(6-2)33(30,31)18-9-7-8-16(12-18)20(28)25-19(15(3)4)21(29)23-13-17-14-26-10-11-32-22(26)24-17/h7-12,14-15,19H,5-6,13H2,1-4H3,(H,23,29)(H,25,28). The van der Waals surface area contributed by atoms with Crippen molar-refractivity contribution in [3.8, 4) is 0 Å². The van der Waals surface area contributed by atoms with Crippen LogP contribution in [0.3, 0.4) is 0 Å². The number of thiazole rings is 1. The molecule has 1 aromatic carbocycles. The number of nitrogens with one attached hydrogen (secondary N) is 2. The minimum absolute atomic E-state index is 0.0455. The Morgan fingerprint density at radius 1 is 1.21 bits per heavy atom. The predicted octanol–water partition coefficient (Wildman–Crippen LogP) is 2.50. The number of nitrogens with zero attached hydrogens (tertiary/aromatic N) is 3. The van der Waals surface area contributed by atoms with Crippen LogP contribution in [0.4, 0.5) is 0 Å². The average Bonchev–Trinajstić information content (AvgIpc) is 3.38. The molecule has 0 aliphatic rings. The SMILES string of the molecule is CCN(CC)S(=O)(=O)c1cccc(C(=O)NC(C(=O)NCc2cn3ccsc3n2)C(C)C)c1. The molecule has 0 spiro atoms. The smallest absolute Gasteiger partial charge is 0.251 e. The van der Waals surface area contributed by atoms with Gasteiger partial charge in [0.15, 0.2) is 4.96 Å². The van der Waals surface area contributed by atoms with Crippen LogP contribution in [-0.4, -0.2) is 53.1 Å². The van der Waals surface area contributed by atoms with Crippen molar-refractivity contribution < 1.29 is 18.0 Å². The van der Waals surface area contributed by atoms with Crippen LogP contribution in [0, 0.1) is 5.92 Å². The van der Waals surface area contributed by atoms with Gasteiger partial charge in [-0.2, -0.15) is 4.31 Å². The number of amides is 2. The molecule has 0 aliphatic heterocycles. The lowest BCUT2D eigenvalue weighted by atomic mass is 10.0. The third-order valence-electron chi connectivity index (χ3n) is 5.26. The molecule has 3 rings (SSSR count). The molecule has 11 heteroatoms. The zero-order chi connectivity index (χ0) is 24.2. The number of carbonyl (C=O) groups is 2. The van der Waals surface area contributed by atoms with E-state index in [0.717, 1.165) is 10.7 Å². The van der Waals surface area contributed by atoms with Gasteiger partial charge in [-0.05, 0) is 24.1 Å². The zero-order valence-electron chi connectivity index (χ0n) is 19.1. The number of imidazole rings is 1. The Morgan fingerprint density at radius 3 is 2.58 bits per heavy atom. The third-order valence-corrected chi connectivity index (χ3v) is 8.08. The Hall–Kier alpha value is -2.76. The van der Waals surface area contributed by atoms with Gasteiger partial charge in [0.25, 0.3) is 5.91 Å². The van der Waals surface area contributed by atoms with Crippen molar-refractivity contribution in [1.29, 1.82) is 0 Å². The minimum atomic E-state index is -3.70. The van der Waals surface area contributed by atoms with Gasteiger partial charge < -0.3 is 10.6 Å². The summed E-state index contributed by atoms with van der Waals surface area (Å²) in [7, 11) is -3.70.